The number of hydrogen-bond donors (Lipinski definition) is 1. The Morgan fingerprint density at radius 2 is 1.74 bits per heavy atom. The van der Waals surface area contributed by atoms with Crippen LogP contribution in [0.1, 0.15) is 32.8 Å². The molecule has 0 aromatic carbocycles. The molecule has 0 saturated heterocycles. The Kier molecular flexibility index (Phi) is 3.80. The van der Waals surface area contributed by atoms with Gasteiger partial charge in [-0.3, -0.25) is 0 Å². The van der Waals surface area contributed by atoms with Gasteiger partial charge >= 0.3 is 0 Å². The van der Waals surface area contributed by atoms with Crippen molar-refractivity contribution in [2.45, 2.75) is 26.9 Å². The van der Waals surface area contributed by atoms with Crippen LogP contribution in [-0.2, 0) is 0 Å². The number of aromatic nitrogens is 3. The monoisotopic (exact) mass is 301 g/mol. The smallest absolute Gasteiger partial charge is 0.248 e. The minimum absolute atomic E-state index is 0.159. The summed E-state index contributed by atoms with van der Waals surface area (Å²) in [6.07, 6.45) is -0.846. The molecule has 0 aliphatic heterocycles. The van der Waals surface area contributed by atoms with Gasteiger partial charge in [-0.15, -0.1) is 10.2 Å². The Labute approximate surface area is 120 Å². The molecule has 0 unspecified atom stereocenters. The summed E-state index contributed by atoms with van der Waals surface area (Å²) in [7, 11) is 0. The third-order valence-corrected chi connectivity index (χ3v) is 2.89. The fourth-order valence-corrected chi connectivity index (χ4v) is 1.88. The van der Waals surface area contributed by atoms with Crippen LogP contribution in [0.25, 0.3) is 11.5 Å². The summed E-state index contributed by atoms with van der Waals surface area (Å²) >= 11 is 11.6. The lowest BCUT2D eigenvalue weighted by atomic mass is 9.89. The lowest BCUT2D eigenvalue weighted by Crippen LogP contribution is -2.18. The van der Waals surface area contributed by atoms with Crippen molar-refractivity contribution in [3.8, 4) is 11.5 Å². The van der Waals surface area contributed by atoms with Crippen molar-refractivity contribution in [2.75, 3.05) is 0 Å². The molecule has 0 bridgehead atoms. The lowest BCUT2D eigenvalue weighted by molar-refractivity contribution is 0.0391. The van der Waals surface area contributed by atoms with Crippen LogP contribution in [0, 0.1) is 5.41 Å². The van der Waals surface area contributed by atoms with Crippen molar-refractivity contribution in [2.24, 2.45) is 5.41 Å². The summed E-state index contributed by atoms with van der Waals surface area (Å²) in [6.45, 7) is 5.63. The fourth-order valence-electron chi connectivity index (χ4n) is 1.42. The van der Waals surface area contributed by atoms with Gasteiger partial charge in [-0.2, -0.15) is 0 Å². The quantitative estimate of drug-likeness (QED) is 0.859. The van der Waals surface area contributed by atoms with Crippen molar-refractivity contribution >= 4 is 23.2 Å². The van der Waals surface area contributed by atoms with Crippen LogP contribution in [0.2, 0.25) is 10.3 Å². The molecule has 1 N–H and O–H groups in total. The second-order valence-corrected chi connectivity index (χ2v) is 5.99. The van der Waals surface area contributed by atoms with Crippen LogP contribution in [0.4, 0.5) is 0 Å². The van der Waals surface area contributed by atoms with Gasteiger partial charge < -0.3 is 9.52 Å². The molecule has 0 amide bonds. The molecule has 0 aliphatic rings. The first-order valence-corrected chi connectivity index (χ1v) is 6.38. The average molecular weight is 302 g/mol. The Bertz CT molecular complexity index is 573. The van der Waals surface area contributed by atoms with Crippen molar-refractivity contribution < 1.29 is 9.52 Å². The first-order valence-electron chi connectivity index (χ1n) is 5.62. The highest BCUT2D eigenvalue weighted by molar-refractivity contribution is 6.32. The van der Waals surface area contributed by atoms with E-state index in [9.17, 15) is 5.11 Å². The maximum Gasteiger partial charge on any atom is 0.248 e. The normalized spacial score (nSPS) is 13.6. The zero-order chi connectivity index (χ0) is 14.2. The first-order chi connectivity index (χ1) is 8.77. The molecular weight excluding hydrogens is 289 g/mol. The highest BCUT2D eigenvalue weighted by atomic mass is 35.5. The van der Waals surface area contributed by atoms with Crippen LogP contribution in [0.15, 0.2) is 16.5 Å². The van der Waals surface area contributed by atoms with E-state index >= 15 is 0 Å². The third-order valence-electron chi connectivity index (χ3n) is 2.50. The van der Waals surface area contributed by atoms with E-state index in [-0.39, 0.29) is 22.1 Å². The van der Waals surface area contributed by atoms with Crippen molar-refractivity contribution in [1.82, 2.24) is 15.2 Å². The molecule has 0 fully saturated rings. The number of halogens is 2. The van der Waals surface area contributed by atoms with Crippen molar-refractivity contribution in [1.29, 1.82) is 0 Å². The molecule has 1 atom stereocenters. The number of hydrogen-bond acceptors (Lipinski definition) is 5. The van der Waals surface area contributed by atoms with E-state index in [0.717, 1.165) is 0 Å². The molecule has 2 rings (SSSR count). The first kappa shape index (κ1) is 14.2. The van der Waals surface area contributed by atoms with Crippen LogP contribution >= 0.6 is 23.2 Å². The number of nitrogens with zero attached hydrogens (tertiary/aromatic N) is 3. The molecule has 7 heteroatoms. The summed E-state index contributed by atoms with van der Waals surface area (Å²) in [5, 5.41) is 18.3. The predicted molar refractivity (Wildman–Crippen MR) is 72.0 cm³/mol. The molecule has 5 nitrogen and oxygen atoms in total. The maximum atomic E-state index is 10.1. The minimum Gasteiger partial charge on any atom is -0.418 e. The van der Waals surface area contributed by atoms with Crippen LogP contribution in [0.5, 0.6) is 0 Å². The highest BCUT2D eigenvalue weighted by Gasteiger charge is 2.29. The molecule has 2 heterocycles. The zero-order valence-corrected chi connectivity index (χ0v) is 12.2. The van der Waals surface area contributed by atoms with E-state index in [2.05, 4.69) is 15.2 Å². The van der Waals surface area contributed by atoms with Crippen LogP contribution in [-0.4, -0.2) is 20.3 Å². The molecule has 2 aromatic rings. The van der Waals surface area contributed by atoms with Crippen LogP contribution < -0.4 is 0 Å². The van der Waals surface area contributed by atoms with Gasteiger partial charge in [0.05, 0.1) is 0 Å². The minimum atomic E-state index is -0.846. The number of rotatable bonds is 2. The molecule has 102 valence electrons. The predicted octanol–water partition coefficient (Wildman–Crippen LogP) is 3.52. The fraction of sp³-hybridized carbons (Fsp3) is 0.417. The van der Waals surface area contributed by atoms with E-state index in [1.165, 1.54) is 0 Å². The summed E-state index contributed by atoms with van der Waals surface area (Å²) < 4.78 is 5.45. The summed E-state index contributed by atoms with van der Waals surface area (Å²) in [5.74, 6) is 0.399. The Morgan fingerprint density at radius 3 is 2.26 bits per heavy atom. The summed E-state index contributed by atoms with van der Waals surface area (Å²) in [4.78, 5) is 3.83. The summed E-state index contributed by atoms with van der Waals surface area (Å²) in [6, 6.07) is 3.13. The molecule has 0 spiro atoms. The third kappa shape index (κ3) is 3.23. The van der Waals surface area contributed by atoms with Crippen molar-refractivity contribution in [3.63, 3.8) is 0 Å². The van der Waals surface area contributed by atoms with E-state index < -0.39 is 11.5 Å². The Balaban J connectivity index is 2.36. The van der Waals surface area contributed by atoms with E-state index in [4.69, 9.17) is 27.6 Å². The van der Waals surface area contributed by atoms with E-state index in [0.29, 0.717) is 5.56 Å². The molecular formula is C12H13Cl2N3O2. The number of aliphatic hydroxyl groups excluding tert-OH is 1. The second kappa shape index (κ2) is 5.07. The van der Waals surface area contributed by atoms with E-state index in [1.807, 2.05) is 20.8 Å². The molecule has 0 radical (unpaired) electrons. The molecule has 0 saturated carbocycles. The Morgan fingerprint density at radius 1 is 1.16 bits per heavy atom. The van der Waals surface area contributed by atoms with Crippen molar-refractivity contribution in [3.05, 3.63) is 28.3 Å². The number of aliphatic hydroxyl groups is 1. The van der Waals surface area contributed by atoms with Gasteiger partial charge in [-0.1, -0.05) is 44.0 Å². The van der Waals surface area contributed by atoms with Crippen LogP contribution in [0.3, 0.4) is 0 Å². The molecule has 0 aliphatic carbocycles. The second-order valence-electron chi connectivity index (χ2n) is 5.22. The number of pyridine rings is 1. The lowest BCUT2D eigenvalue weighted by Gasteiger charge is -2.22. The Hall–Kier alpha value is -1.17. The molecule has 19 heavy (non-hydrogen) atoms. The van der Waals surface area contributed by atoms with Gasteiger partial charge in [-0.05, 0) is 17.5 Å². The maximum absolute atomic E-state index is 10.1. The summed E-state index contributed by atoms with van der Waals surface area (Å²) in [5.41, 5.74) is 0.169. The molecule has 2 aromatic heterocycles. The van der Waals surface area contributed by atoms with Gasteiger partial charge in [0.15, 0.2) is 0 Å². The van der Waals surface area contributed by atoms with Gasteiger partial charge in [0.25, 0.3) is 0 Å². The van der Waals surface area contributed by atoms with Gasteiger partial charge in [0, 0.05) is 5.56 Å². The van der Waals surface area contributed by atoms with Gasteiger partial charge in [0.2, 0.25) is 11.8 Å². The van der Waals surface area contributed by atoms with Gasteiger partial charge in [-0.25, -0.2) is 4.98 Å². The van der Waals surface area contributed by atoms with Gasteiger partial charge in [0.1, 0.15) is 16.4 Å². The SMILES string of the molecule is CC(C)(C)[C@@H](O)c1nnc(-c2cc(Cl)nc(Cl)c2)o1. The highest BCUT2D eigenvalue weighted by Crippen LogP contribution is 2.33. The standard InChI is InChI=1S/C12H13Cl2N3O2/c1-12(2,3)9(18)11-17-16-10(19-11)6-4-7(13)15-8(14)5-6/h4-5,9,18H,1-3H3/t9-/m0/s1. The topological polar surface area (TPSA) is 72.0 Å². The zero-order valence-electron chi connectivity index (χ0n) is 10.7. The van der Waals surface area contributed by atoms with E-state index in [1.54, 1.807) is 12.1 Å². The largest absolute Gasteiger partial charge is 0.418 e. The average Bonchev–Trinajstić information content (AvgIpc) is 2.74.